The molecule has 0 saturated carbocycles. The Labute approximate surface area is 172 Å². The van der Waals surface area contributed by atoms with E-state index in [2.05, 4.69) is 0 Å². The van der Waals surface area contributed by atoms with Gasteiger partial charge in [0.15, 0.2) is 0 Å². The first kappa shape index (κ1) is 19.3. The Balaban J connectivity index is 1.85. The lowest BCUT2D eigenvalue weighted by Gasteiger charge is -2.13. The van der Waals surface area contributed by atoms with Crippen molar-refractivity contribution in [2.45, 2.75) is 0 Å². The molecule has 0 radical (unpaired) electrons. The number of fused-ring (bicyclic) bond motifs is 1. The molecule has 0 atom stereocenters. The quantitative estimate of drug-likeness (QED) is 0.370. The predicted molar refractivity (Wildman–Crippen MR) is 114 cm³/mol. The number of methoxy groups -OCH3 is 2. The molecule has 0 amide bonds. The molecule has 3 aromatic carbocycles. The first-order valence-corrected chi connectivity index (χ1v) is 9.26. The van der Waals surface area contributed by atoms with E-state index in [1.54, 1.807) is 87.0 Å². The van der Waals surface area contributed by atoms with Crippen molar-refractivity contribution >= 4 is 16.7 Å². The van der Waals surface area contributed by atoms with Gasteiger partial charge in [-0.15, -0.1) is 0 Å². The monoisotopic (exact) mass is 401 g/mol. The van der Waals surface area contributed by atoms with E-state index in [0.717, 1.165) is 0 Å². The van der Waals surface area contributed by atoms with Crippen molar-refractivity contribution in [3.63, 3.8) is 0 Å². The summed E-state index contributed by atoms with van der Waals surface area (Å²) in [4.78, 5) is 26.1. The molecule has 0 aliphatic heterocycles. The van der Waals surface area contributed by atoms with Crippen LogP contribution in [0.15, 0.2) is 83.8 Å². The van der Waals surface area contributed by atoms with Gasteiger partial charge < -0.3 is 14.2 Å². The van der Waals surface area contributed by atoms with Gasteiger partial charge >= 0.3 is 5.97 Å². The Hall–Kier alpha value is -4.06. The van der Waals surface area contributed by atoms with Gasteiger partial charge in [-0.1, -0.05) is 30.3 Å². The summed E-state index contributed by atoms with van der Waals surface area (Å²) in [5, 5.41) is 0.940. The third-order valence-corrected chi connectivity index (χ3v) is 4.73. The summed E-state index contributed by atoms with van der Waals surface area (Å²) in [6.45, 7) is 0. The zero-order chi connectivity index (χ0) is 21.1. The molecule has 0 N–H and O–H groups in total. The molecule has 0 fully saturated rings. The summed E-state index contributed by atoms with van der Waals surface area (Å²) in [6, 6.07) is 20.8. The third kappa shape index (κ3) is 3.63. The van der Waals surface area contributed by atoms with E-state index in [9.17, 15) is 9.59 Å². The molecule has 0 saturated heterocycles. The van der Waals surface area contributed by atoms with Gasteiger partial charge in [-0.3, -0.25) is 9.36 Å². The molecule has 0 unspecified atom stereocenters. The normalized spacial score (nSPS) is 10.6. The van der Waals surface area contributed by atoms with Crippen LogP contribution in [0.1, 0.15) is 10.4 Å². The SMILES string of the molecule is COc1cccc(OC(=O)c2cn(-c3cccc(OC)c3)c(=O)c3ccccc23)c1. The van der Waals surface area contributed by atoms with E-state index in [4.69, 9.17) is 14.2 Å². The molecular formula is C24H19NO5. The van der Waals surface area contributed by atoms with Crippen LogP contribution in [0, 0.1) is 0 Å². The summed E-state index contributed by atoms with van der Waals surface area (Å²) in [7, 11) is 3.09. The number of nitrogens with zero attached hydrogens (tertiary/aromatic N) is 1. The lowest BCUT2D eigenvalue weighted by molar-refractivity contribution is 0.0736. The number of pyridine rings is 1. The highest BCUT2D eigenvalue weighted by molar-refractivity contribution is 6.04. The smallest absolute Gasteiger partial charge is 0.345 e. The number of ether oxygens (including phenoxy) is 3. The second kappa shape index (κ2) is 8.13. The highest BCUT2D eigenvalue weighted by Crippen LogP contribution is 2.23. The maximum Gasteiger partial charge on any atom is 0.345 e. The fourth-order valence-electron chi connectivity index (χ4n) is 3.23. The Morgan fingerprint density at radius 3 is 2.13 bits per heavy atom. The Bertz CT molecular complexity index is 1290. The number of carbonyl (C=O) groups excluding carboxylic acids is 1. The molecule has 1 heterocycles. The number of carbonyl (C=O) groups is 1. The lowest BCUT2D eigenvalue weighted by atomic mass is 10.1. The van der Waals surface area contributed by atoms with Gasteiger partial charge in [0.25, 0.3) is 5.56 Å². The van der Waals surface area contributed by atoms with Gasteiger partial charge in [-0.2, -0.15) is 0 Å². The van der Waals surface area contributed by atoms with E-state index >= 15 is 0 Å². The molecule has 4 rings (SSSR count). The minimum atomic E-state index is -0.573. The highest BCUT2D eigenvalue weighted by Gasteiger charge is 2.18. The van der Waals surface area contributed by atoms with Crippen molar-refractivity contribution in [2.24, 2.45) is 0 Å². The van der Waals surface area contributed by atoms with E-state index in [0.29, 0.717) is 33.7 Å². The minimum Gasteiger partial charge on any atom is -0.497 e. The van der Waals surface area contributed by atoms with Crippen molar-refractivity contribution in [1.29, 1.82) is 0 Å². The average Bonchev–Trinajstić information content (AvgIpc) is 2.79. The standard InChI is InChI=1S/C24H19NO5/c1-28-17-8-5-7-16(13-17)25-15-22(20-11-3-4-12-21(20)23(25)26)24(27)30-19-10-6-9-18(14-19)29-2/h3-15H,1-2H3. The number of aromatic nitrogens is 1. The molecule has 1 aromatic heterocycles. The Kier molecular flexibility index (Phi) is 5.22. The fraction of sp³-hybridized carbons (Fsp3) is 0.0833. The van der Waals surface area contributed by atoms with Gasteiger partial charge in [0.2, 0.25) is 0 Å². The molecule has 0 bridgehead atoms. The zero-order valence-corrected chi connectivity index (χ0v) is 16.5. The summed E-state index contributed by atoms with van der Waals surface area (Å²) < 4.78 is 17.4. The van der Waals surface area contributed by atoms with E-state index in [-0.39, 0.29) is 11.1 Å². The second-order valence-corrected chi connectivity index (χ2v) is 6.53. The predicted octanol–water partition coefficient (Wildman–Crippen LogP) is 4.23. The summed E-state index contributed by atoms with van der Waals surface area (Å²) in [6.07, 6.45) is 1.50. The zero-order valence-electron chi connectivity index (χ0n) is 16.5. The molecule has 0 spiro atoms. The topological polar surface area (TPSA) is 66.8 Å². The van der Waals surface area contributed by atoms with Crippen molar-refractivity contribution in [3.8, 4) is 22.9 Å². The largest absolute Gasteiger partial charge is 0.497 e. The van der Waals surface area contributed by atoms with Crippen LogP contribution in [-0.4, -0.2) is 24.8 Å². The first-order valence-electron chi connectivity index (χ1n) is 9.26. The average molecular weight is 401 g/mol. The van der Waals surface area contributed by atoms with Crippen LogP contribution in [0.25, 0.3) is 16.5 Å². The maximum absolute atomic E-state index is 13.1. The van der Waals surface area contributed by atoms with Crippen LogP contribution in [0.2, 0.25) is 0 Å². The van der Waals surface area contributed by atoms with Crippen LogP contribution in [-0.2, 0) is 0 Å². The Morgan fingerprint density at radius 2 is 1.40 bits per heavy atom. The van der Waals surface area contributed by atoms with Gasteiger partial charge in [0.05, 0.1) is 25.5 Å². The van der Waals surface area contributed by atoms with Crippen LogP contribution in [0.3, 0.4) is 0 Å². The third-order valence-electron chi connectivity index (χ3n) is 4.73. The number of esters is 1. The van der Waals surface area contributed by atoms with Gasteiger partial charge in [-0.05, 0) is 30.3 Å². The van der Waals surface area contributed by atoms with Gasteiger partial charge in [0.1, 0.15) is 17.2 Å². The van der Waals surface area contributed by atoms with Gasteiger partial charge in [-0.25, -0.2) is 4.79 Å². The van der Waals surface area contributed by atoms with E-state index in [1.165, 1.54) is 10.8 Å². The summed E-state index contributed by atoms with van der Waals surface area (Å²) in [5.74, 6) is 0.957. The molecule has 0 aliphatic carbocycles. The van der Waals surface area contributed by atoms with Gasteiger partial charge in [0, 0.05) is 29.1 Å². The highest BCUT2D eigenvalue weighted by atomic mass is 16.5. The number of rotatable bonds is 5. The molecule has 4 aromatic rings. The minimum absolute atomic E-state index is 0.239. The molecule has 150 valence electrons. The maximum atomic E-state index is 13.1. The number of hydrogen-bond acceptors (Lipinski definition) is 5. The molecule has 6 nitrogen and oxygen atoms in total. The van der Waals surface area contributed by atoms with Crippen molar-refractivity contribution in [2.75, 3.05) is 14.2 Å². The van der Waals surface area contributed by atoms with Crippen LogP contribution < -0.4 is 19.8 Å². The molecule has 6 heteroatoms. The van der Waals surface area contributed by atoms with Crippen molar-refractivity contribution in [3.05, 3.63) is 94.9 Å². The number of benzene rings is 3. The van der Waals surface area contributed by atoms with Crippen molar-refractivity contribution in [1.82, 2.24) is 4.57 Å². The molecule has 30 heavy (non-hydrogen) atoms. The van der Waals surface area contributed by atoms with E-state index < -0.39 is 5.97 Å². The summed E-state index contributed by atoms with van der Waals surface area (Å²) in [5.41, 5.74) is 0.619. The molecule has 0 aliphatic rings. The number of hydrogen-bond donors (Lipinski definition) is 0. The van der Waals surface area contributed by atoms with Crippen molar-refractivity contribution < 1.29 is 19.0 Å². The Morgan fingerprint density at radius 1 is 0.767 bits per heavy atom. The van der Waals surface area contributed by atoms with Crippen LogP contribution in [0.5, 0.6) is 17.2 Å². The molecular weight excluding hydrogens is 382 g/mol. The van der Waals surface area contributed by atoms with Crippen LogP contribution in [0.4, 0.5) is 0 Å². The lowest BCUT2D eigenvalue weighted by Crippen LogP contribution is -2.22. The van der Waals surface area contributed by atoms with E-state index in [1.807, 2.05) is 0 Å². The summed E-state index contributed by atoms with van der Waals surface area (Å²) >= 11 is 0. The van der Waals surface area contributed by atoms with Crippen LogP contribution >= 0.6 is 0 Å². The fourth-order valence-corrected chi connectivity index (χ4v) is 3.23. The second-order valence-electron chi connectivity index (χ2n) is 6.53. The first-order chi connectivity index (χ1) is 14.6.